The quantitative estimate of drug-likeness (QED) is 0.637. The zero-order valence-electron chi connectivity index (χ0n) is 11.6. The van der Waals surface area contributed by atoms with Crippen LogP contribution in [0.25, 0.3) is 0 Å². The van der Waals surface area contributed by atoms with Crippen LogP contribution in [0, 0.1) is 5.41 Å². The Hall–Kier alpha value is -2.18. The first-order valence-electron chi connectivity index (χ1n) is 6.56. The number of hydrogen-bond acceptors (Lipinski definition) is 4. The van der Waals surface area contributed by atoms with Gasteiger partial charge in [0.1, 0.15) is 5.41 Å². The molecule has 0 bridgehead atoms. The van der Waals surface area contributed by atoms with E-state index in [2.05, 4.69) is 10.3 Å². The van der Waals surface area contributed by atoms with E-state index in [4.69, 9.17) is 0 Å². The number of nitrogens with zero attached hydrogens (tertiary/aromatic N) is 3. The number of aryl methyl sites for hydroxylation is 1. The largest absolute Gasteiger partial charge is 0.337 e. The topological polar surface area (TPSA) is 84.3 Å². The number of carbonyl (C=O) groups is 3. The highest BCUT2D eigenvalue weighted by Gasteiger charge is 2.46. The lowest BCUT2D eigenvalue weighted by Gasteiger charge is -2.34. The van der Waals surface area contributed by atoms with Gasteiger partial charge < -0.3 is 4.57 Å². The number of urea groups is 1. The molecule has 1 fully saturated rings. The zero-order chi connectivity index (χ0) is 14.8. The number of rotatable bonds is 5. The Labute approximate surface area is 117 Å². The van der Waals surface area contributed by atoms with Crippen LogP contribution in [0.2, 0.25) is 0 Å². The standard InChI is InChI=1S/C13H18N4O3/c1-13(2)10(18)15-12(20)17(11(13)19)7-4-3-6-16-8-5-14-9-16/h5,8-9H,3-4,6-7H2,1-2H3,(H,15,18,20). The van der Waals surface area contributed by atoms with E-state index in [9.17, 15) is 14.4 Å². The predicted octanol–water partition coefficient (Wildman–Crippen LogP) is 0.768. The van der Waals surface area contributed by atoms with Crippen LogP contribution < -0.4 is 5.32 Å². The summed E-state index contributed by atoms with van der Waals surface area (Å²) in [7, 11) is 0. The monoisotopic (exact) mass is 278 g/mol. The summed E-state index contributed by atoms with van der Waals surface area (Å²) in [6.45, 7) is 4.15. The number of carbonyl (C=O) groups excluding carboxylic acids is 3. The maximum Gasteiger partial charge on any atom is 0.330 e. The lowest BCUT2D eigenvalue weighted by molar-refractivity contribution is -0.149. The average Bonchev–Trinajstić information content (AvgIpc) is 2.89. The van der Waals surface area contributed by atoms with Crippen molar-refractivity contribution in [2.24, 2.45) is 5.41 Å². The van der Waals surface area contributed by atoms with E-state index in [0.717, 1.165) is 17.9 Å². The molecule has 0 aliphatic carbocycles. The number of hydrogen-bond donors (Lipinski definition) is 1. The van der Waals surface area contributed by atoms with Crippen LogP contribution in [0.3, 0.4) is 0 Å². The highest BCUT2D eigenvalue weighted by atomic mass is 16.2. The third kappa shape index (κ3) is 2.71. The lowest BCUT2D eigenvalue weighted by atomic mass is 9.89. The summed E-state index contributed by atoms with van der Waals surface area (Å²) in [6, 6.07) is -0.623. The molecular weight excluding hydrogens is 260 g/mol. The number of aromatic nitrogens is 2. The van der Waals surface area contributed by atoms with Gasteiger partial charge >= 0.3 is 6.03 Å². The summed E-state index contributed by atoms with van der Waals surface area (Å²) in [5.41, 5.74) is -1.18. The van der Waals surface area contributed by atoms with Crippen molar-refractivity contribution in [2.45, 2.75) is 33.2 Å². The summed E-state index contributed by atoms with van der Waals surface area (Å²) < 4.78 is 1.94. The van der Waals surface area contributed by atoms with Crippen LogP contribution in [0.1, 0.15) is 26.7 Å². The fourth-order valence-electron chi connectivity index (χ4n) is 2.03. The van der Waals surface area contributed by atoms with Crippen molar-refractivity contribution in [2.75, 3.05) is 6.54 Å². The number of unbranched alkanes of at least 4 members (excludes halogenated alkanes) is 1. The van der Waals surface area contributed by atoms with Crippen molar-refractivity contribution in [1.82, 2.24) is 19.8 Å². The first-order chi connectivity index (χ1) is 9.43. The van der Waals surface area contributed by atoms with Crippen molar-refractivity contribution >= 4 is 17.8 Å². The lowest BCUT2D eigenvalue weighted by Crippen LogP contribution is -2.61. The molecule has 0 atom stereocenters. The molecule has 1 aliphatic rings. The van der Waals surface area contributed by atoms with E-state index < -0.39 is 23.3 Å². The van der Waals surface area contributed by atoms with Crippen LogP contribution in [0.4, 0.5) is 4.79 Å². The third-order valence-corrected chi connectivity index (χ3v) is 3.42. The Balaban J connectivity index is 1.86. The van der Waals surface area contributed by atoms with Gasteiger partial charge in [-0.2, -0.15) is 0 Å². The van der Waals surface area contributed by atoms with Crippen LogP contribution in [-0.4, -0.2) is 38.8 Å². The Morgan fingerprint density at radius 1 is 1.20 bits per heavy atom. The number of imidazole rings is 1. The zero-order valence-corrected chi connectivity index (χ0v) is 11.6. The Morgan fingerprint density at radius 3 is 2.55 bits per heavy atom. The van der Waals surface area contributed by atoms with Gasteiger partial charge in [-0.05, 0) is 26.7 Å². The molecule has 1 N–H and O–H groups in total. The molecule has 7 heteroatoms. The molecule has 0 saturated carbocycles. The van der Waals surface area contributed by atoms with Crippen molar-refractivity contribution < 1.29 is 14.4 Å². The average molecular weight is 278 g/mol. The van der Waals surface area contributed by atoms with Gasteiger partial charge in [-0.3, -0.25) is 19.8 Å². The summed E-state index contributed by atoms with van der Waals surface area (Å²) in [5, 5.41) is 2.22. The van der Waals surface area contributed by atoms with Crippen molar-refractivity contribution in [1.29, 1.82) is 0 Å². The maximum absolute atomic E-state index is 12.1. The molecule has 2 heterocycles. The van der Waals surface area contributed by atoms with E-state index in [0.29, 0.717) is 13.0 Å². The Morgan fingerprint density at radius 2 is 1.90 bits per heavy atom. The summed E-state index contributed by atoms with van der Waals surface area (Å²) in [5.74, 6) is -0.976. The maximum atomic E-state index is 12.1. The van der Waals surface area contributed by atoms with Crippen molar-refractivity contribution in [3.05, 3.63) is 18.7 Å². The molecule has 108 valence electrons. The van der Waals surface area contributed by atoms with Gasteiger partial charge in [0.25, 0.3) is 0 Å². The first-order valence-corrected chi connectivity index (χ1v) is 6.56. The molecule has 7 nitrogen and oxygen atoms in total. The van der Waals surface area contributed by atoms with Crippen LogP contribution >= 0.6 is 0 Å². The van der Waals surface area contributed by atoms with Gasteiger partial charge in [-0.1, -0.05) is 0 Å². The number of imide groups is 2. The van der Waals surface area contributed by atoms with E-state index in [1.165, 1.54) is 13.8 Å². The van der Waals surface area contributed by atoms with Crippen LogP contribution in [0.5, 0.6) is 0 Å². The van der Waals surface area contributed by atoms with Gasteiger partial charge in [0, 0.05) is 25.5 Å². The molecule has 1 aromatic heterocycles. The smallest absolute Gasteiger partial charge is 0.330 e. The molecule has 1 saturated heterocycles. The third-order valence-electron chi connectivity index (χ3n) is 3.42. The molecule has 0 spiro atoms. The highest BCUT2D eigenvalue weighted by molar-refractivity contribution is 6.18. The minimum Gasteiger partial charge on any atom is -0.337 e. The second-order valence-corrected chi connectivity index (χ2v) is 5.35. The highest BCUT2D eigenvalue weighted by Crippen LogP contribution is 2.23. The van der Waals surface area contributed by atoms with Gasteiger partial charge in [0.2, 0.25) is 11.8 Å². The summed E-state index contributed by atoms with van der Waals surface area (Å²) >= 11 is 0. The fourth-order valence-corrected chi connectivity index (χ4v) is 2.03. The second-order valence-electron chi connectivity index (χ2n) is 5.35. The predicted molar refractivity (Wildman–Crippen MR) is 70.5 cm³/mol. The van der Waals surface area contributed by atoms with Crippen molar-refractivity contribution in [3.63, 3.8) is 0 Å². The van der Waals surface area contributed by atoms with Crippen molar-refractivity contribution in [3.8, 4) is 0 Å². The Kier molecular flexibility index (Phi) is 3.87. The van der Waals surface area contributed by atoms with Gasteiger partial charge in [0.15, 0.2) is 0 Å². The second kappa shape index (κ2) is 5.44. The number of barbiturate groups is 1. The van der Waals surface area contributed by atoms with Gasteiger partial charge in [-0.15, -0.1) is 0 Å². The molecule has 1 aromatic rings. The van der Waals surface area contributed by atoms with Crippen LogP contribution in [0.15, 0.2) is 18.7 Å². The minimum absolute atomic E-state index is 0.316. The summed E-state index contributed by atoms with van der Waals surface area (Å²) in [4.78, 5) is 40.4. The van der Waals surface area contributed by atoms with E-state index in [-0.39, 0.29) is 0 Å². The summed E-state index contributed by atoms with van der Waals surface area (Å²) in [6.07, 6.45) is 6.79. The first kappa shape index (κ1) is 14.2. The molecule has 20 heavy (non-hydrogen) atoms. The van der Waals surface area contributed by atoms with E-state index in [1.807, 2.05) is 10.8 Å². The van der Waals surface area contributed by atoms with Crippen LogP contribution in [-0.2, 0) is 16.1 Å². The minimum atomic E-state index is -1.18. The van der Waals surface area contributed by atoms with E-state index >= 15 is 0 Å². The van der Waals surface area contributed by atoms with Gasteiger partial charge in [0.05, 0.1) is 6.33 Å². The SMILES string of the molecule is CC1(C)C(=O)NC(=O)N(CCCCn2ccnc2)C1=O. The fraction of sp³-hybridized carbons (Fsp3) is 0.538. The van der Waals surface area contributed by atoms with Gasteiger partial charge in [-0.25, -0.2) is 9.78 Å². The molecule has 0 aromatic carbocycles. The Bertz CT molecular complexity index is 522. The molecule has 2 rings (SSSR count). The molecule has 0 unspecified atom stereocenters. The molecule has 0 radical (unpaired) electrons. The normalized spacial score (nSPS) is 18.3. The molecular formula is C13H18N4O3. The molecule has 4 amide bonds. The molecule has 1 aliphatic heterocycles. The number of nitrogens with one attached hydrogen (secondary N) is 1. The number of amides is 4. The van der Waals surface area contributed by atoms with E-state index in [1.54, 1.807) is 12.5 Å².